The van der Waals surface area contributed by atoms with Gasteiger partial charge in [0.05, 0.1) is 15.1 Å². The van der Waals surface area contributed by atoms with E-state index in [1.165, 1.54) is 17.6 Å². The number of fused-ring (bicyclic) bond motifs is 1. The van der Waals surface area contributed by atoms with Gasteiger partial charge in [-0.05, 0) is 37.3 Å². The van der Waals surface area contributed by atoms with Gasteiger partial charge in [0.25, 0.3) is 5.91 Å². The topological polar surface area (TPSA) is 68.5 Å². The lowest BCUT2D eigenvalue weighted by Gasteiger charge is -2.02. The number of nitrogens with zero attached hydrogens (tertiary/aromatic N) is 2. The number of sulfone groups is 1. The number of allylic oxidation sites excluding steroid dienone is 1. The highest BCUT2D eigenvalue weighted by molar-refractivity contribution is 7.90. The fourth-order valence-corrected chi connectivity index (χ4v) is 4.32. The highest BCUT2D eigenvalue weighted by Gasteiger charge is 2.12. The van der Waals surface area contributed by atoms with Crippen molar-refractivity contribution in [2.24, 2.45) is 4.99 Å². The van der Waals surface area contributed by atoms with E-state index in [0.717, 1.165) is 15.8 Å². The van der Waals surface area contributed by atoms with E-state index in [2.05, 4.69) is 11.6 Å². The maximum atomic E-state index is 12.5. The van der Waals surface area contributed by atoms with Crippen LogP contribution < -0.4 is 4.80 Å². The molecule has 0 saturated heterocycles. The van der Waals surface area contributed by atoms with E-state index < -0.39 is 9.84 Å². The molecule has 1 aromatic heterocycles. The summed E-state index contributed by atoms with van der Waals surface area (Å²) in [5.74, 6) is -0.335. The van der Waals surface area contributed by atoms with Crippen LogP contribution >= 0.6 is 11.3 Å². The van der Waals surface area contributed by atoms with Crippen molar-refractivity contribution in [3.8, 4) is 0 Å². The molecular weight excluding hydrogens is 368 g/mol. The summed E-state index contributed by atoms with van der Waals surface area (Å²) >= 11 is 1.28. The molecular formula is C19H18N2O3S2. The number of hydrogen-bond donors (Lipinski definition) is 0. The highest BCUT2D eigenvalue weighted by Crippen LogP contribution is 2.22. The van der Waals surface area contributed by atoms with Crippen molar-refractivity contribution < 1.29 is 13.2 Å². The van der Waals surface area contributed by atoms with Crippen LogP contribution in [0.3, 0.4) is 0 Å². The average molecular weight is 386 g/mol. The van der Waals surface area contributed by atoms with Gasteiger partial charge in [-0.2, -0.15) is 4.99 Å². The van der Waals surface area contributed by atoms with E-state index in [4.69, 9.17) is 0 Å². The molecule has 3 rings (SSSR count). The Labute approximate surface area is 155 Å². The second kappa shape index (κ2) is 7.01. The maximum absolute atomic E-state index is 12.5. The van der Waals surface area contributed by atoms with E-state index in [9.17, 15) is 13.2 Å². The van der Waals surface area contributed by atoms with Gasteiger partial charge in [-0.3, -0.25) is 4.79 Å². The molecule has 134 valence electrons. The Morgan fingerprint density at radius 2 is 1.92 bits per heavy atom. The van der Waals surface area contributed by atoms with E-state index in [0.29, 0.717) is 16.9 Å². The third-order valence-corrected chi connectivity index (χ3v) is 6.04. The molecule has 1 amide bonds. The number of amides is 1. The third-order valence-electron chi connectivity index (χ3n) is 3.89. The minimum atomic E-state index is -3.30. The summed E-state index contributed by atoms with van der Waals surface area (Å²) in [5, 5.41) is 0. The Kier molecular flexibility index (Phi) is 4.93. The zero-order valence-corrected chi connectivity index (χ0v) is 16.1. The summed E-state index contributed by atoms with van der Waals surface area (Å²) < 4.78 is 26.2. The Bertz CT molecular complexity index is 1170. The zero-order chi connectivity index (χ0) is 18.9. The third kappa shape index (κ3) is 3.68. The Morgan fingerprint density at radius 1 is 1.23 bits per heavy atom. The van der Waals surface area contributed by atoms with Gasteiger partial charge in [0.2, 0.25) is 0 Å². The molecule has 0 unspecified atom stereocenters. The summed E-state index contributed by atoms with van der Waals surface area (Å²) in [5.41, 5.74) is 2.39. The Hall–Kier alpha value is -2.51. The zero-order valence-electron chi connectivity index (χ0n) is 14.5. The van der Waals surface area contributed by atoms with Crippen LogP contribution in [0.25, 0.3) is 10.2 Å². The number of carbonyl (C=O) groups is 1. The summed E-state index contributed by atoms with van der Waals surface area (Å²) in [7, 11) is -3.30. The monoisotopic (exact) mass is 386 g/mol. The lowest BCUT2D eigenvalue weighted by atomic mass is 10.1. The van der Waals surface area contributed by atoms with Gasteiger partial charge in [0.15, 0.2) is 14.6 Å². The molecule has 26 heavy (non-hydrogen) atoms. The van der Waals surface area contributed by atoms with Crippen molar-refractivity contribution in [2.45, 2.75) is 18.4 Å². The number of aryl methyl sites for hydroxylation is 1. The van der Waals surface area contributed by atoms with E-state index in [-0.39, 0.29) is 10.8 Å². The smallest absolute Gasteiger partial charge is 0.279 e. The number of rotatable bonds is 4. The first kappa shape index (κ1) is 18.3. The second-order valence-corrected chi connectivity index (χ2v) is 8.99. The quantitative estimate of drug-likeness (QED) is 0.646. The number of aromatic nitrogens is 1. The number of thiazole rings is 1. The largest absolute Gasteiger partial charge is 0.312 e. The van der Waals surface area contributed by atoms with Gasteiger partial charge < -0.3 is 4.57 Å². The van der Waals surface area contributed by atoms with Crippen molar-refractivity contribution in [3.63, 3.8) is 0 Å². The van der Waals surface area contributed by atoms with Gasteiger partial charge in [-0.1, -0.05) is 35.1 Å². The van der Waals surface area contributed by atoms with Crippen LogP contribution in [-0.4, -0.2) is 25.1 Å². The molecule has 0 aliphatic rings. The van der Waals surface area contributed by atoms with Crippen LogP contribution in [0, 0.1) is 6.92 Å². The van der Waals surface area contributed by atoms with E-state index in [1.807, 2.05) is 23.6 Å². The summed E-state index contributed by atoms with van der Waals surface area (Å²) in [6, 6.07) is 12.1. The molecule has 0 saturated carbocycles. The average Bonchev–Trinajstić information content (AvgIpc) is 2.92. The Balaban J connectivity index is 2.17. The van der Waals surface area contributed by atoms with E-state index >= 15 is 0 Å². The van der Waals surface area contributed by atoms with Crippen LogP contribution in [0.15, 0.2) is 65.0 Å². The van der Waals surface area contributed by atoms with Crippen molar-refractivity contribution >= 4 is 37.3 Å². The van der Waals surface area contributed by atoms with Gasteiger partial charge in [-0.15, -0.1) is 6.58 Å². The first-order valence-corrected chi connectivity index (χ1v) is 10.6. The molecule has 0 radical (unpaired) electrons. The molecule has 0 fully saturated rings. The van der Waals surface area contributed by atoms with Crippen molar-refractivity contribution in [2.75, 3.05) is 6.26 Å². The standard InChI is InChI=1S/C19H18N2O3S2/c1-4-11-21-16-10-9-15(26(3,23)24)12-17(16)25-19(21)20-18(22)14-7-5-13(2)6-8-14/h4-10,12H,1,11H2,2-3H3. The fourth-order valence-electron chi connectivity index (χ4n) is 2.52. The molecule has 7 heteroatoms. The Morgan fingerprint density at radius 3 is 2.54 bits per heavy atom. The highest BCUT2D eigenvalue weighted by atomic mass is 32.2. The molecule has 1 heterocycles. The molecule has 0 N–H and O–H groups in total. The van der Waals surface area contributed by atoms with Crippen molar-refractivity contribution in [3.05, 3.63) is 71.0 Å². The van der Waals surface area contributed by atoms with Crippen LogP contribution in [0.5, 0.6) is 0 Å². The molecule has 3 aromatic rings. The number of benzene rings is 2. The number of hydrogen-bond acceptors (Lipinski definition) is 4. The van der Waals surface area contributed by atoms with Gasteiger partial charge in [-0.25, -0.2) is 8.42 Å². The normalized spacial score (nSPS) is 12.5. The molecule has 0 aliphatic carbocycles. The first-order valence-electron chi connectivity index (χ1n) is 7.89. The van der Waals surface area contributed by atoms with E-state index in [1.54, 1.807) is 36.4 Å². The lowest BCUT2D eigenvalue weighted by Crippen LogP contribution is -2.16. The summed E-state index contributed by atoms with van der Waals surface area (Å²) in [4.78, 5) is 17.5. The first-order chi connectivity index (χ1) is 12.3. The molecule has 2 aromatic carbocycles. The molecule has 5 nitrogen and oxygen atoms in total. The summed E-state index contributed by atoms with van der Waals surface area (Å²) in [6.07, 6.45) is 2.89. The minimum absolute atomic E-state index is 0.244. The van der Waals surface area contributed by atoms with Crippen molar-refractivity contribution in [1.29, 1.82) is 0 Å². The second-order valence-electron chi connectivity index (χ2n) is 5.97. The predicted octanol–water partition coefficient (Wildman–Crippen LogP) is 3.34. The predicted molar refractivity (Wildman–Crippen MR) is 104 cm³/mol. The van der Waals surface area contributed by atoms with Crippen LogP contribution in [0.2, 0.25) is 0 Å². The minimum Gasteiger partial charge on any atom is -0.312 e. The molecule has 0 aliphatic heterocycles. The summed E-state index contributed by atoms with van der Waals surface area (Å²) in [6.45, 7) is 6.17. The maximum Gasteiger partial charge on any atom is 0.279 e. The lowest BCUT2D eigenvalue weighted by molar-refractivity contribution is 0.0998. The van der Waals surface area contributed by atoms with Gasteiger partial charge >= 0.3 is 0 Å². The number of carbonyl (C=O) groups excluding carboxylic acids is 1. The van der Waals surface area contributed by atoms with Crippen LogP contribution in [0.1, 0.15) is 15.9 Å². The SMILES string of the molecule is C=CCn1c(=NC(=O)c2ccc(C)cc2)sc2cc(S(C)(=O)=O)ccc21. The molecule has 0 bridgehead atoms. The van der Waals surface area contributed by atoms with Crippen LogP contribution in [-0.2, 0) is 16.4 Å². The van der Waals surface area contributed by atoms with Gasteiger partial charge in [0.1, 0.15) is 0 Å². The molecule has 0 atom stereocenters. The molecule has 0 spiro atoms. The van der Waals surface area contributed by atoms with Crippen LogP contribution in [0.4, 0.5) is 0 Å². The van der Waals surface area contributed by atoms with Gasteiger partial charge in [0, 0.05) is 18.4 Å². The fraction of sp³-hybridized carbons (Fsp3) is 0.158. The van der Waals surface area contributed by atoms with Crippen molar-refractivity contribution in [1.82, 2.24) is 4.57 Å².